The fourth-order valence-electron chi connectivity index (χ4n) is 3.58. The van der Waals surface area contributed by atoms with E-state index < -0.39 is 11.7 Å². The molecule has 0 atom stereocenters. The number of benzene rings is 1. The van der Waals surface area contributed by atoms with E-state index in [9.17, 15) is 9.59 Å². The number of aromatic nitrogens is 1. The standard InChI is InChI=1S/C23H30N2O4/c1-23(2,3)29-22(27)25-20-15-16-9-7-8-12-18(16)19(24-20)13-14-21(26)28-17-10-5-4-6-11-17/h7-9,12,15,17H,4-6,10-11,13-14H2,1-3H3,(H,24,25,27). The van der Waals surface area contributed by atoms with Gasteiger partial charge in [0.25, 0.3) is 0 Å². The first-order chi connectivity index (χ1) is 13.8. The number of aryl methyl sites for hydroxylation is 1. The van der Waals surface area contributed by atoms with Crippen molar-refractivity contribution < 1.29 is 19.1 Å². The predicted octanol–water partition coefficient (Wildman–Crippen LogP) is 5.39. The summed E-state index contributed by atoms with van der Waals surface area (Å²) in [5.74, 6) is 0.224. The Hall–Kier alpha value is -2.63. The van der Waals surface area contributed by atoms with Gasteiger partial charge < -0.3 is 9.47 Å². The molecule has 1 saturated carbocycles. The van der Waals surface area contributed by atoms with Gasteiger partial charge in [-0.25, -0.2) is 9.78 Å². The fourth-order valence-corrected chi connectivity index (χ4v) is 3.58. The molecule has 6 nitrogen and oxygen atoms in total. The average molecular weight is 399 g/mol. The van der Waals surface area contributed by atoms with E-state index in [4.69, 9.17) is 9.47 Å². The van der Waals surface area contributed by atoms with Crippen LogP contribution in [0.2, 0.25) is 0 Å². The van der Waals surface area contributed by atoms with Crippen LogP contribution in [0.4, 0.5) is 10.6 Å². The van der Waals surface area contributed by atoms with Crippen LogP contribution in [-0.2, 0) is 20.7 Å². The SMILES string of the molecule is CC(C)(C)OC(=O)Nc1cc2ccccc2c(CCC(=O)OC2CCCCC2)n1. The molecule has 0 radical (unpaired) electrons. The highest BCUT2D eigenvalue weighted by Gasteiger charge is 2.19. The molecule has 1 fully saturated rings. The summed E-state index contributed by atoms with van der Waals surface area (Å²) in [6, 6.07) is 9.61. The lowest BCUT2D eigenvalue weighted by Crippen LogP contribution is -2.27. The molecule has 1 aliphatic carbocycles. The van der Waals surface area contributed by atoms with E-state index in [1.807, 2.05) is 51.1 Å². The third-order valence-electron chi connectivity index (χ3n) is 4.86. The molecule has 1 N–H and O–H groups in total. The molecule has 1 aromatic heterocycles. The van der Waals surface area contributed by atoms with Gasteiger partial charge in [0.1, 0.15) is 17.5 Å². The van der Waals surface area contributed by atoms with Gasteiger partial charge in [0.15, 0.2) is 0 Å². The van der Waals surface area contributed by atoms with Crippen molar-refractivity contribution >= 4 is 28.7 Å². The van der Waals surface area contributed by atoms with Crippen LogP contribution in [0.5, 0.6) is 0 Å². The predicted molar refractivity (Wildman–Crippen MR) is 113 cm³/mol. The van der Waals surface area contributed by atoms with E-state index in [0.717, 1.165) is 42.1 Å². The summed E-state index contributed by atoms with van der Waals surface area (Å²) in [4.78, 5) is 29.0. The highest BCUT2D eigenvalue weighted by Crippen LogP contribution is 2.24. The molecule has 0 bridgehead atoms. The summed E-state index contributed by atoms with van der Waals surface area (Å²) in [6.45, 7) is 5.43. The van der Waals surface area contributed by atoms with Gasteiger partial charge in [-0.2, -0.15) is 0 Å². The van der Waals surface area contributed by atoms with Gasteiger partial charge in [-0.3, -0.25) is 10.1 Å². The molecular formula is C23H30N2O4. The highest BCUT2D eigenvalue weighted by atomic mass is 16.6. The lowest BCUT2D eigenvalue weighted by Gasteiger charge is -2.21. The normalized spacial score (nSPS) is 15.1. The largest absolute Gasteiger partial charge is 0.462 e. The molecule has 0 saturated heterocycles. The number of hydrogen-bond donors (Lipinski definition) is 1. The van der Waals surface area contributed by atoms with Crippen LogP contribution in [0.3, 0.4) is 0 Å². The van der Waals surface area contributed by atoms with Gasteiger partial charge in [-0.05, 0) is 57.9 Å². The number of carbonyl (C=O) groups excluding carboxylic acids is 2. The van der Waals surface area contributed by atoms with Crippen molar-refractivity contribution in [2.75, 3.05) is 5.32 Å². The second-order valence-electron chi connectivity index (χ2n) is 8.55. The molecule has 6 heteroatoms. The minimum atomic E-state index is -0.591. The Morgan fingerprint density at radius 2 is 1.86 bits per heavy atom. The van der Waals surface area contributed by atoms with Crippen LogP contribution in [0.15, 0.2) is 30.3 Å². The zero-order chi connectivity index (χ0) is 20.9. The quantitative estimate of drug-likeness (QED) is 0.683. The third kappa shape index (κ3) is 6.44. The van der Waals surface area contributed by atoms with Crippen molar-refractivity contribution in [3.05, 3.63) is 36.0 Å². The summed E-state index contributed by atoms with van der Waals surface area (Å²) in [5.41, 5.74) is 0.168. The Kier molecular flexibility index (Phi) is 6.72. The zero-order valence-corrected chi connectivity index (χ0v) is 17.5. The molecule has 156 valence electrons. The van der Waals surface area contributed by atoms with Crippen molar-refractivity contribution in [1.82, 2.24) is 4.98 Å². The maximum absolute atomic E-state index is 12.3. The summed E-state index contributed by atoms with van der Waals surface area (Å²) in [5, 5.41) is 4.61. The number of ether oxygens (including phenoxy) is 2. The molecule has 0 aliphatic heterocycles. The van der Waals surface area contributed by atoms with Crippen molar-refractivity contribution in [2.45, 2.75) is 77.4 Å². The first-order valence-corrected chi connectivity index (χ1v) is 10.4. The molecule has 1 aromatic carbocycles. The van der Waals surface area contributed by atoms with Gasteiger partial charge >= 0.3 is 12.1 Å². The van der Waals surface area contributed by atoms with Crippen LogP contribution >= 0.6 is 0 Å². The first-order valence-electron chi connectivity index (χ1n) is 10.4. The monoisotopic (exact) mass is 398 g/mol. The first kappa shape index (κ1) is 21.1. The number of pyridine rings is 1. The van der Waals surface area contributed by atoms with Crippen LogP contribution in [0.25, 0.3) is 10.8 Å². The van der Waals surface area contributed by atoms with E-state index >= 15 is 0 Å². The van der Waals surface area contributed by atoms with Gasteiger partial charge in [0.2, 0.25) is 0 Å². The van der Waals surface area contributed by atoms with Gasteiger partial charge in [0.05, 0.1) is 12.1 Å². The smallest absolute Gasteiger partial charge is 0.413 e. The Bertz CT molecular complexity index is 867. The zero-order valence-electron chi connectivity index (χ0n) is 17.5. The number of nitrogens with one attached hydrogen (secondary N) is 1. The maximum Gasteiger partial charge on any atom is 0.413 e. The summed E-state index contributed by atoms with van der Waals surface area (Å²) < 4.78 is 10.9. The Morgan fingerprint density at radius 3 is 2.59 bits per heavy atom. The summed E-state index contributed by atoms with van der Waals surface area (Å²) in [6.07, 6.45) is 5.62. The van der Waals surface area contributed by atoms with Gasteiger partial charge in [-0.15, -0.1) is 0 Å². The Labute approximate surface area is 172 Å². The minimum Gasteiger partial charge on any atom is -0.462 e. The van der Waals surface area contributed by atoms with Crippen molar-refractivity contribution in [3.63, 3.8) is 0 Å². The third-order valence-corrected chi connectivity index (χ3v) is 4.86. The van der Waals surface area contributed by atoms with Gasteiger partial charge in [0, 0.05) is 11.8 Å². The molecule has 2 aromatic rings. The lowest BCUT2D eigenvalue weighted by molar-refractivity contribution is -0.150. The van der Waals surface area contributed by atoms with E-state index in [0.29, 0.717) is 12.2 Å². The Morgan fingerprint density at radius 1 is 1.14 bits per heavy atom. The van der Waals surface area contributed by atoms with Gasteiger partial charge in [-0.1, -0.05) is 30.7 Å². The van der Waals surface area contributed by atoms with Crippen molar-refractivity contribution in [3.8, 4) is 0 Å². The lowest BCUT2D eigenvalue weighted by atomic mass is 9.98. The van der Waals surface area contributed by atoms with E-state index in [1.165, 1.54) is 6.42 Å². The number of esters is 1. The van der Waals surface area contributed by atoms with Crippen molar-refractivity contribution in [1.29, 1.82) is 0 Å². The maximum atomic E-state index is 12.3. The molecule has 1 amide bonds. The van der Waals surface area contributed by atoms with E-state index in [-0.39, 0.29) is 18.5 Å². The number of rotatable bonds is 5. The van der Waals surface area contributed by atoms with E-state index in [2.05, 4.69) is 10.3 Å². The number of fused-ring (bicyclic) bond motifs is 1. The van der Waals surface area contributed by atoms with Crippen LogP contribution in [0, 0.1) is 0 Å². The molecule has 0 spiro atoms. The molecule has 29 heavy (non-hydrogen) atoms. The van der Waals surface area contributed by atoms with Crippen molar-refractivity contribution in [2.24, 2.45) is 0 Å². The topological polar surface area (TPSA) is 77.5 Å². The van der Waals surface area contributed by atoms with Crippen LogP contribution < -0.4 is 5.32 Å². The number of carbonyl (C=O) groups is 2. The number of hydrogen-bond acceptors (Lipinski definition) is 5. The van der Waals surface area contributed by atoms with Crippen LogP contribution in [0.1, 0.15) is 65.0 Å². The molecule has 3 rings (SSSR count). The highest BCUT2D eigenvalue weighted by molar-refractivity contribution is 5.91. The summed E-state index contributed by atoms with van der Waals surface area (Å²) >= 11 is 0. The van der Waals surface area contributed by atoms with Crippen LogP contribution in [-0.4, -0.2) is 28.8 Å². The molecule has 0 unspecified atom stereocenters. The summed E-state index contributed by atoms with van der Waals surface area (Å²) in [7, 11) is 0. The Balaban J connectivity index is 1.70. The van der Waals surface area contributed by atoms with E-state index in [1.54, 1.807) is 0 Å². The number of nitrogens with zero attached hydrogens (tertiary/aromatic N) is 1. The molecule has 1 heterocycles. The minimum absolute atomic E-state index is 0.0566. The number of amides is 1. The number of anilines is 1. The average Bonchev–Trinajstić information content (AvgIpc) is 2.65. The fraction of sp³-hybridized carbons (Fsp3) is 0.522. The second-order valence-corrected chi connectivity index (χ2v) is 8.55. The second kappa shape index (κ2) is 9.25. The molecule has 1 aliphatic rings. The molecular weight excluding hydrogens is 368 g/mol.